The highest BCUT2D eigenvalue weighted by molar-refractivity contribution is 7.93. The van der Waals surface area contributed by atoms with Gasteiger partial charge < -0.3 is 4.18 Å². The predicted molar refractivity (Wildman–Crippen MR) is 54.3 cm³/mol. The van der Waals surface area contributed by atoms with Crippen LogP contribution in [0.25, 0.3) is 0 Å². The van der Waals surface area contributed by atoms with Crippen LogP contribution >= 0.6 is 12.0 Å². The highest BCUT2D eigenvalue weighted by atomic mass is 32.2. The molecule has 1 aliphatic heterocycles. The molecular weight excluding hydrogens is 170 g/mol. The van der Waals surface area contributed by atoms with Gasteiger partial charge in [0.15, 0.2) is 0 Å². The van der Waals surface area contributed by atoms with Crippen LogP contribution in [0.1, 0.15) is 26.7 Å². The Morgan fingerprint density at radius 3 is 2.58 bits per heavy atom. The lowest BCUT2D eigenvalue weighted by Crippen LogP contribution is -2.53. The van der Waals surface area contributed by atoms with Crippen molar-refractivity contribution in [2.75, 3.05) is 19.4 Å². The Balaban J connectivity index is 1.99. The molecule has 0 aliphatic carbocycles. The summed E-state index contributed by atoms with van der Waals surface area (Å²) in [7, 11) is 0. The second kappa shape index (κ2) is 5.10. The van der Waals surface area contributed by atoms with Crippen molar-refractivity contribution in [2.45, 2.75) is 38.8 Å². The molecule has 2 atom stereocenters. The second-order valence-corrected chi connectivity index (χ2v) is 4.08. The van der Waals surface area contributed by atoms with Crippen LogP contribution in [0.15, 0.2) is 0 Å². The van der Waals surface area contributed by atoms with Gasteiger partial charge in [0.25, 0.3) is 0 Å². The topological polar surface area (TPSA) is 12.5 Å². The Morgan fingerprint density at radius 1 is 1.42 bits per heavy atom. The largest absolute Gasteiger partial charge is 0.316 e. The van der Waals surface area contributed by atoms with E-state index >= 15 is 0 Å². The van der Waals surface area contributed by atoms with E-state index in [1.165, 1.54) is 25.0 Å². The fourth-order valence-electron chi connectivity index (χ4n) is 1.89. The molecule has 12 heavy (non-hydrogen) atoms. The number of nitrogens with zero attached hydrogens (tertiary/aromatic N) is 1. The molecule has 0 N–H and O–H groups in total. The first kappa shape index (κ1) is 10.4. The zero-order chi connectivity index (χ0) is 8.97. The highest BCUT2D eigenvalue weighted by Gasteiger charge is 2.30. The molecule has 1 aliphatic rings. The molecule has 1 heterocycles. The van der Waals surface area contributed by atoms with Crippen LogP contribution < -0.4 is 0 Å². The first-order chi connectivity index (χ1) is 5.75. The van der Waals surface area contributed by atoms with Gasteiger partial charge in [-0.1, -0.05) is 0 Å². The summed E-state index contributed by atoms with van der Waals surface area (Å²) < 4.78 is 5.21. The summed E-state index contributed by atoms with van der Waals surface area (Å²) in [5.41, 5.74) is 0. The van der Waals surface area contributed by atoms with Crippen molar-refractivity contribution in [1.82, 2.24) is 4.90 Å². The van der Waals surface area contributed by atoms with Gasteiger partial charge in [0.2, 0.25) is 0 Å². The molecule has 2 unspecified atom stereocenters. The van der Waals surface area contributed by atoms with E-state index in [9.17, 15) is 0 Å². The molecule has 3 heteroatoms. The third-order valence-electron chi connectivity index (χ3n) is 2.58. The van der Waals surface area contributed by atoms with Crippen LogP contribution in [0.5, 0.6) is 0 Å². The molecule has 0 saturated carbocycles. The quantitative estimate of drug-likeness (QED) is 0.486. The first-order valence-electron chi connectivity index (χ1n) is 4.67. The number of hydrogen-bond donors (Lipinski definition) is 0. The van der Waals surface area contributed by atoms with E-state index in [0.717, 1.165) is 25.1 Å². The Bertz CT molecular complexity index is 124. The van der Waals surface area contributed by atoms with E-state index in [0.29, 0.717) is 0 Å². The minimum atomic E-state index is 0.800. The molecule has 0 spiro atoms. The van der Waals surface area contributed by atoms with Crippen molar-refractivity contribution in [3.05, 3.63) is 0 Å². The van der Waals surface area contributed by atoms with Gasteiger partial charge >= 0.3 is 0 Å². The van der Waals surface area contributed by atoms with Crippen LogP contribution in [0.4, 0.5) is 0 Å². The van der Waals surface area contributed by atoms with Crippen LogP contribution in [-0.2, 0) is 4.18 Å². The van der Waals surface area contributed by atoms with Crippen LogP contribution in [0, 0.1) is 0 Å². The fraction of sp³-hybridized carbons (Fsp3) is 1.00. The average molecular weight is 189 g/mol. The van der Waals surface area contributed by atoms with E-state index in [4.69, 9.17) is 4.18 Å². The molecule has 0 aromatic carbocycles. The van der Waals surface area contributed by atoms with Crippen LogP contribution in [-0.4, -0.2) is 36.4 Å². The van der Waals surface area contributed by atoms with Gasteiger partial charge in [-0.3, -0.25) is 4.90 Å². The van der Waals surface area contributed by atoms with Gasteiger partial charge in [0.1, 0.15) is 0 Å². The lowest BCUT2D eigenvalue weighted by molar-refractivity contribution is 0.0341. The molecule has 1 saturated heterocycles. The monoisotopic (exact) mass is 189 g/mol. The van der Waals surface area contributed by atoms with E-state index < -0.39 is 0 Å². The third kappa shape index (κ3) is 2.64. The van der Waals surface area contributed by atoms with Crippen molar-refractivity contribution in [2.24, 2.45) is 0 Å². The number of hydrogen-bond acceptors (Lipinski definition) is 3. The number of rotatable bonds is 5. The zero-order valence-electron chi connectivity index (χ0n) is 8.25. The molecule has 0 aromatic heterocycles. The lowest BCUT2D eigenvalue weighted by atomic mass is 9.96. The maximum atomic E-state index is 5.21. The van der Waals surface area contributed by atoms with Crippen molar-refractivity contribution in [3.8, 4) is 0 Å². The van der Waals surface area contributed by atoms with E-state index in [-0.39, 0.29) is 0 Å². The molecule has 2 nitrogen and oxygen atoms in total. The van der Waals surface area contributed by atoms with Gasteiger partial charge in [0.05, 0.1) is 6.61 Å². The standard InChI is InChI=1S/C9H19NOS/c1-8-7-9(2)10(8)5-4-6-11-12-3/h8-9H,4-7H2,1-3H3. The summed E-state index contributed by atoms with van der Waals surface area (Å²) in [6.07, 6.45) is 4.49. The van der Waals surface area contributed by atoms with Crippen LogP contribution in [0.3, 0.4) is 0 Å². The normalized spacial score (nSPS) is 30.2. The fourth-order valence-corrected chi connectivity index (χ4v) is 2.18. The van der Waals surface area contributed by atoms with E-state index in [1.807, 2.05) is 6.26 Å². The molecule has 0 amide bonds. The summed E-state index contributed by atoms with van der Waals surface area (Å²) >= 11 is 1.46. The van der Waals surface area contributed by atoms with Crippen molar-refractivity contribution in [3.63, 3.8) is 0 Å². The summed E-state index contributed by atoms with van der Waals surface area (Å²) in [5.74, 6) is 0. The Morgan fingerprint density at radius 2 is 2.08 bits per heavy atom. The summed E-state index contributed by atoms with van der Waals surface area (Å²) in [6, 6.07) is 1.60. The summed E-state index contributed by atoms with van der Waals surface area (Å²) in [5, 5.41) is 0. The van der Waals surface area contributed by atoms with E-state index in [1.54, 1.807) is 0 Å². The number of likely N-dealkylation sites (tertiary alicyclic amines) is 1. The molecule has 1 rings (SSSR count). The van der Waals surface area contributed by atoms with Gasteiger partial charge in [0, 0.05) is 24.9 Å². The van der Waals surface area contributed by atoms with Crippen molar-refractivity contribution < 1.29 is 4.18 Å². The summed E-state index contributed by atoms with van der Waals surface area (Å²) in [4.78, 5) is 2.55. The SMILES string of the molecule is CSOCCCN1C(C)CC1C. The highest BCUT2D eigenvalue weighted by Crippen LogP contribution is 2.24. The lowest BCUT2D eigenvalue weighted by Gasteiger charge is -2.45. The Labute approximate surface area is 79.9 Å². The molecule has 0 radical (unpaired) electrons. The van der Waals surface area contributed by atoms with Crippen molar-refractivity contribution in [1.29, 1.82) is 0 Å². The van der Waals surface area contributed by atoms with Crippen molar-refractivity contribution >= 4 is 12.0 Å². The third-order valence-corrected chi connectivity index (χ3v) is 2.98. The van der Waals surface area contributed by atoms with E-state index in [2.05, 4.69) is 18.7 Å². The summed E-state index contributed by atoms with van der Waals surface area (Å²) in [6.45, 7) is 6.69. The molecule has 0 aromatic rings. The second-order valence-electron chi connectivity index (χ2n) is 3.51. The molecule has 1 fully saturated rings. The smallest absolute Gasteiger partial charge is 0.0625 e. The zero-order valence-corrected chi connectivity index (χ0v) is 9.06. The van der Waals surface area contributed by atoms with Gasteiger partial charge in [-0.15, -0.1) is 0 Å². The first-order valence-corrected chi connectivity index (χ1v) is 5.82. The minimum Gasteiger partial charge on any atom is -0.316 e. The molecule has 72 valence electrons. The Kier molecular flexibility index (Phi) is 4.40. The predicted octanol–water partition coefficient (Wildman–Crippen LogP) is 2.15. The van der Waals surface area contributed by atoms with Gasteiger partial charge in [-0.25, -0.2) is 0 Å². The van der Waals surface area contributed by atoms with Gasteiger partial charge in [-0.05, 0) is 38.7 Å². The average Bonchev–Trinajstić information content (AvgIpc) is 2.04. The molecule has 0 bridgehead atoms. The maximum absolute atomic E-state index is 5.21. The maximum Gasteiger partial charge on any atom is 0.0625 e. The van der Waals surface area contributed by atoms with Gasteiger partial charge in [-0.2, -0.15) is 0 Å². The molecular formula is C9H19NOS. The Hall–Kier alpha value is 0.270. The minimum absolute atomic E-state index is 0.800. The van der Waals surface area contributed by atoms with Crippen LogP contribution in [0.2, 0.25) is 0 Å².